The van der Waals surface area contributed by atoms with Crippen LogP contribution in [0.1, 0.15) is 52.9 Å². The first-order valence-corrected chi connectivity index (χ1v) is 11.8. The fraction of sp³-hybridized carbons (Fsp3) is 0.417. The first-order chi connectivity index (χ1) is 15.9. The number of esters is 1. The van der Waals surface area contributed by atoms with Gasteiger partial charge < -0.3 is 14.8 Å². The first-order valence-electron chi connectivity index (χ1n) is 11.0. The zero-order valence-electron chi connectivity index (χ0n) is 19.0. The number of rotatable bonds is 6. The molecule has 9 heteroatoms. The van der Waals surface area contributed by atoms with Crippen molar-refractivity contribution in [2.45, 2.75) is 58.6 Å². The minimum Gasteiger partial charge on any atom is -0.495 e. The van der Waals surface area contributed by atoms with E-state index in [9.17, 15) is 14.4 Å². The molecular weight excluding hydrogens is 442 g/mol. The van der Waals surface area contributed by atoms with Gasteiger partial charge in [-0.1, -0.05) is 12.5 Å². The Hall–Kier alpha value is -3.20. The summed E-state index contributed by atoms with van der Waals surface area (Å²) in [5.74, 6) is -0.255. The second-order valence-electron chi connectivity index (χ2n) is 8.33. The lowest BCUT2D eigenvalue weighted by Crippen LogP contribution is -2.28. The van der Waals surface area contributed by atoms with E-state index in [2.05, 4.69) is 10.3 Å². The lowest BCUT2D eigenvalue weighted by Gasteiger charge is -2.21. The highest BCUT2D eigenvalue weighted by Crippen LogP contribution is 2.29. The Morgan fingerprint density at radius 3 is 2.70 bits per heavy atom. The van der Waals surface area contributed by atoms with Crippen LogP contribution in [-0.4, -0.2) is 34.6 Å². The fourth-order valence-corrected chi connectivity index (χ4v) is 5.14. The van der Waals surface area contributed by atoms with E-state index in [1.54, 1.807) is 19.1 Å². The number of ether oxygens (including phenoxy) is 2. The van der Waals surface area contributed by atoms with Crippen LogP contribution in [0.2, 0.25) is 0 Å². The van der Waals surface area contributed by atoms with E-state index in [1.807, 2.05) is 13.0 Å². The molecule has 0 bridgehead atoms. The highest BCUT2D eigenvalue weighted by molar-refractivity contribution is 7.20. The third-order valence-corrected chi connectivity index (χ3v) is 7.05. The van der Waals surface area contributed by atoms with E-state index >= 15 is 0 Å². The third-order valence-electron chi connectivity index (χ3n) is 5.87. The number of hydrogen-bond acceptors (Lipinski definition) is 7. The van der Waals surface area contributed by atoms with Gasteiger partial charge in [0.15, 0.2) is 0 Å². The Morgan fingerprint density at radius 2 is 1.97 bits per heavy atom. The summed E-state index contributed by atoms with van der Waals surface area (Å²) in [5.41, 5.74) is 1.68. The summed E-state index contributed by atoms with van der Waals surface area (Å²) in [6, 6.07) is 5.45. The average Bonchev–Trinajstić information content (AvgIpc) is 3.14. The quantitative estimate of drug-likeness (QED) is 0.543. The summed E-state index contributed by atoms with van der Waals surface area (Å²) in [7, 11) is 1.53. The van der Waals surface area contributed by atoms with Crippen molar-refractivity contribution in [3.8, 4) is 5.75 Å². The van der Waals surface area contributed by atoms with Gasteiger partial charge in [-0.3, -0.25) is 14.2 Å². The van der Waals surface area contributed by atoms with Crippen LogP contribution in [0.3, 0.4) is 0 Å². The van der Waals surface area contributed by atoms with Crippen molar-refractivity contribution in [1.29, 1.82) is 0 Å². The maximum atomic E-state index is 13.1. The zero-order valence-corrected chi connectivity index (χ0v) is 19.8. The summed E-state index contributed by atoms with van der Waals surface area (Å²) in [5, 5.41) is 3.13. The second-order valence-corrected chi connectivity index (χ2v) is 9.33. The number of aryl methyl sites for hydroxylation is 2. The van der Waals surface area contributed by atoms with Crippen LogP contribution in [0.5, 0.6) is 5.75 Å². The molecule has 0 unspecified atom stereocenters. The number of fused-ring (bicyclic) bond motifs is 1. The average molecular weight is 470 g/mol. The maximum absolute atomic E-state index is 13.1. The molecule has 1 aliphatic carbocycles. The predicted octanol–water partition coefficient (Wildman–Crippen LogP) is 4.21. The van der Waals surface area contributed by atoms with Crippen LogP contribution >= 0.6 is 11.3 Å². The van der Waals surface area contributed by atoms with Gasteiger partial charge in [-0.15, -0.1) is 11.3 Å². The minimum atomic E-state index is -0.405. The molecule has 8 nitrogen and oxygen atoms in total. The number of nitrogens with zero attached hydrogens (tertiary/aromatic N) is 2. The van der Waals surface area contributed by atoms with Crippen LogP contribution in [0.15, 0.2) is 29.3 Å². The van der Waals surface area contributed by atoms with Crippen molar-refractivity contribution in [1.82, 2.24) is 9.55 Å². The molecule has 1 N–H and O–H groups in total. The largest absolute Gasteiger partial charge is 0.495 e. The van der Waals surface area contributed by atoms with E-state index in [-0.39, 0.29) is 24.1 Å². The molecule has 1 amide bonds. The van der Waals surface area contributed by atoms with Crippen molar-refractivity contribution in [2.24, 2.45) is 0 Å². The SMILES string of the molecule is COc1ccc(C)cc1NC(=O)Cn1cnc2sc(C(=O)OC3CCCCC3)c(C)c2c1=O. The number of carbonyl (C=O) groups is 2. The molecule has 0 aliphatic heterocycles. The number of nitrogens with one attached hydrogen (secondary N) is 1. The molecule has 0 spiro atoms. The van der Waals surface area contributed by atoms with Crippen molar-refractivity contribution in [3.63, 3.8) is 0 Å². The van der Waals surface area contributed by atoms with Gasteiger partial charge >= 0.3 is 5.97 Å². The highest BCUT2D eigenvalue weighted by atomic mass is 32.1. The van der Waals surface area contributed by atoms with Crippen LogP contribution in [-0.2, 0) is 16.1 Å². The molecule has 4 rings (SSSR count). The number of methoxy groups -OCH3 is 1. The second kappa shape index (κ2) is 9.74. The smallest absolute Gasteiger partial charge is 0.348 e. The van der Waals surface area contributed by atoms with Crippen molar-refractivity contribution >= 4 is 39.1 Å². The molecule has 174 valence electrons. The van der Waals surface area contributed by atoms with Crippen LogP contribution < -0.4 is 15.6 Å². The lowest BCUT2D eigenvalue weighted by atomic mass is 9.98. The molecule has 0 saturated heterocycles. The topological polar surface area (TPSA) is 99.5 Å². The maximum Gasteiger partial charge on any atom is 0.348 e. The molecule has 1 aromatic carbocycles. The van der Waals surface area contributed by atoms with Crippen LogP contribution in [0.25, 0.3) is 10.2 Å². The molecule has 2 heterocycles. The van der Waals surface area contributed by atoms with E-state index in [4.69, 9.17) is 9.47 Å². The number of benzene rings is 1. The Bertz CT molecular complexity index is 1260. The van der Waals surface area contributed by atoms with Gasteiger partial charge in [-0.25, -0.2) is 9.78 Å². The summed E-state index contributed by atoms with van der Waals surface area (Å²) in [4.78, 5) is 43.7. The Kier molecular flexibility index (Phi) is 6.78. The molecule has 0 radical (unpaired) electrons. The predicted molar refractivity (Wildman–Crippen MR) is 127 cm³/mol. The van der Waals surface area contributed by atoms with Gasteiger partial charge in [0.1, 0.15) is 28.1 Å². The van der Waals surface area contributed by atoms with Gasteiger partial charge in [0, 0.05) is 0 Å². The summed E-state index contributed by atoms with van der Waals surface area (Å²) in [6.07, 6.45) is 6.32. The van der Waals surface area contributed by atoms with Crippen LogP contribution in [0.4, 0.5) is 5.69 Å². The van der Waals surface area contributed by atoms with Crippen molar-refractivity contribution in [3.05, 3.63) is 50.9 Å². The zero-order chi connectivity index (χ0) is 23.5. The van der Waals surface area contributed by atoms with Crippen molar-refractivity contribution < 1.29 is 19.1 Å². The number of anilines is 1. The molecule has 3 aromatic rings. The van der Waals surface area contributed by atoms with E-state index < -0.39 is 5.97 Å². The van der Waals surface area contributed by atoms with E-state index in [0.29, 0.717) is 32.1 Å². The van der Waals surface area contributed by atoms with Gasteiger partial charge in [-0.2, -0.15) is 0 Å². The number of hydrogen-bond donors (Lipinski definition) is 1. The normalized spacial score (nSPS) is 14.3. The lowest BCUT2D eigenvalue weighted by molar-refractivity contribution is -0.116. The molecular formula is C24H27N3O5S. The molecule has 1 aliphatic rings. The number of thiophene rings is 1. The summed E-state index contributed by atoms with van der Waals surface area (Å²) < 4.78 is 12.2. The third kappa shape index (κ3) is 4.93. The highest BCUT2D eigenvalue weighted by Gasteiger charge is 2.24. The standard InChI is InChI=1S/C24H27N3O5S/c1-14-9-10-18(31-3)17(11-14)26-19(28)12-27-13-25-22-20(23(27)29)15(2)21(33-22)24(30)32-16-7-5-4-6-8-16/h9-11,13,16H,4-8,12H2,1-3H3,(H,26,28). The number of aromatic nitrogens is 2. The monoisotopic (exact) mass is 469 g/mol. The summed E-state index contributed by atoms with van der Waals surface area (Å²) >= 11 is 1.16. The van der Waals surface area contributed by atoms with E-state index in [1.165, 1.54) is 24.4 Å². The molecule has 2 aromatic heterocycles. The van der Waals surface area contributed by atoms with Crippen molar-refractivity contribution in [2.75, 3.05) is 12.4 Å². The van der Waals surface area contributed by atoms with Gasteiger partial charge in [0.2, 0.25) is 5.91 Å². The Balaban J connectivity index is 1.55. The molecule has 0 atom stereocenters. The first kappa shape index (κ1) is 23.0. The van der Waals surface area contributed by atoms with E-state index in [0.717, 1.165) is 42.6 Å². The van der Waals surface area contributed by atoms with Gasteiger partial charge in [0.25, 0.3) is 5.56 Å². The summed E-state index contributed by atoms with van der Waals surface area (Å²) in [6.45, 7) is 3.42. The molecule has 33 heavy (non-hydrogen) atoms. The fourth-order valence-electron chi connectivity index (χ4n) is 4.12. The number of amides is 1. The van der Waals surface area contributed by atoms with Crippen LogP contribution in [0, 0.1) is 13.8 Å². The van der Waals surface area contributed by atoms with Gasteiger partial charge in [-0.05, 0) is 62.8 Å². The molecule has 1 fully saturated rings. The Labute approximate surface area is 195 Å². The molecule has 1 saturated carbocycles. The number of carbonyl (C=O) groups excluding carboxylic acids is 2. The Morgan fingerprint density at radius 1 is 1.21 bits per heavy atom. The minimum absolute atomic E-state index is 0.0669. The van der Waals surface area contributed by atoms with Gasteiger partial charge in [0.05, 0.1) is 24.5 Å².